The van der Waals surface area contributed by atoms with Gasteiger partial charge in [0.2, 0.25) is 5.95 Å². The van der Waals surface area contributed by atoms with Crippen LogP contribution in [0.15, 0.2) is 24.5 Å². The van der Waals surface area contributed by atoms with Crippen molar-refractivity contribution in [2.75, 3.05) is 54.5 Å². The van der Waals surface area contributed by atoms with Crippen molar-refractivity contribution in [2.24, 2.45) is 0 Å². The molecule has 10 nitrogen and oxygen atoms in total. The number of aromatic nitrogens is 5. The normalized spacial score (nSPS) is 19.5. The van der Waals surface area contributed by atoms with Gasteiger partial charge in [-0.15, -0.1) is 0 Å². The van der Waals surface area contributed by atoms with Gasteiger partial charge in [0.05, 0.1) is 29.7 Å². The third-order valence-corrected chi connectivity index (χ3v) is 6.75. The highest BCUT2D eigenvalue weighted by atomic mass is 19.4. The van der Waals surface area contributed by atoms with Crippen LogP contribution in [0.25, 0.3) is 10.9 Å². The van der Waals surface area contributed by atoms with E-state index in [-0.39, 0.29) is 0 Å². The molecule has 2 aliphatic rings. The molecule has 0 amide bonds. The fourth-order valence-electron chi connectivity index (χ4n) is 4.42. The van der Waals surface area contributed by atoms with Crippen molar-refractivity contribution >= 4 is 34.3 Å². The maximum Gasteiger partial charge on any atom is 0.410 e. The summed E-state index contributed by atoms with van der Waals surface area (Å²) in [5.74, 6) is 1.79. The van der Waals surface area contributed by atoms with Crippen LogP contribution in [0.4, 0.5) is 36.6 Å². The van der Waals surface area contributed by atoms with E-state index in [0.717, 1.165) is 11.6 Å². The Morgan fingerprint density at radius 3 is 2.50 bits per heavy atom. The predicted molar refractivity (Wildman–Crippen MR) is 129 cm³/mol. The van der Waals surface area contributed by atoms with E-state index in [1.54, 1.807) is 24.5 Å². The summed E-state index contributed by atoms with van der Waals surface area (Å²) >= 11 is 0. The molecule has 2 saturated heterocycles. The van der Waals surface area contributed by atoms with Crippen molar-refractivity contribution in [3.63, 3.8) is 0 Å². The zero-order valence-electron chi connectivity index (χ0n) is 20.2. The Labute approximate surface area is 206 Å². The lowest BCUT2D eigenvalue weighted by molar-refractivity contribution is -0.164. The molecule has 0 saturated carbocycles. The molecule has 1 unspecified atom stereocenters. The van der Waals surface area contributed by atoms with Gasteiger partial charge in [-0.3, -0.25) is 4.68 Å². The summed E-state index contributed by atoms with van der Waals surface area (Å²) in [5.41, 5.74) is -0.367. The molecule has 13 heteroatoms. The number of hydrogen-bond donors (Lipinski definition) is 2. The topological polar surface area (TPSA) is 104 Å². The largest absolute Gasteiger partial charge is 0.410 e. The van der Waals surface area contributed by atoms with Crippen LogP contribution in [0.5, 0.6) is 0 Å². The quantitative estimate of drug-likeness (QED) is 0.540. The molecular formula is C23H29F3N8O2. The van der Waals surface area contributed by atoms with Crippen LogP contribution >= 0.6 is 0 Å². The maximum atomic E-state index is 13.7. The minimum atomic E-state index is -4.46. The molecule has 36 heavy (non-hydrogen) atoms. The number of anilines is 4. The van der Waals surface area contributed by atoms with Crippen molar-refractivity contribution in [1.29, 1.82) is 0 Å². The molecule has 3 aromatic heterocycles. The molecule has 0 aliphatic carbocycles. The number of piperidine rings is 1. The van der Waals surface area contributed by atoms with Gasteiger partial charge in [-0.2, -0.15) is 23.3 Å². The van der Waals surface area contributed by atoms with Crippen LogP contribution < -0.4 is 15.1 Å². The summed E-state index contributed by atoms with van der Waals surface area (Å²) in [6.45, 7) is 6.22. The van der Waals surface area contributed by atoms with Crippen LogP contribution in [0.2, 0.25) is 0 Å². The van der Waals surface area contributed by atoms with Crippen LogP contribution in [-0.2, 0) is 4.74 Å². The van der Waals surface area contributed by atoms with E-state index in [0.29, 0.717) is 86.5 Å². The van der Waals surface area contributed by atoms with Gasteiger partial charge in [-0.1, -0.05) is 0 Å². The molecule has 0 aromatic carbocycles. The smallest absolute Gasteiger partial charge is 0.390 e. The Morgan fingerprint density at radius 2 is 1.81 bits per heavy atom. The van der Waals surface area contributed by atoms with Crippen LogP contribution in [0.3, 0.4) is 0 Å². The molecule has 5 rings (SSSR count). The van der Waals surface area contributed by atoms with E-state index >= 15 is 0 Å². The number of nitrogens with zero attached hydrogens (tertiary/aromatic N) is 7. The molecule has 0 radical (unpaired) electrons. The summed E-state index contributed by atoms with van der Waals surface area (Å²) in [6.07, 6.45) is -0.0801. The second kappa shape index (κ2) is 9.36. The molecule has 0 spiro atoms. The van der Waals surface area contributed by atoms with E-state index in [9.17, 15) is 18.3 Å². The standard InChI is InChI=1S/C23H29F3N8O2/c1-15(23(24,25)26)34-17-13-19(28-14-16(17)20(31-34)32-9-11-36-12-10-32)29-18-3-6-27-21(30-18)33-7-4-22(2,35)5-8-33/h3,6,13-15,35H,4-5,7-12H2,1-2H3,(H,27,28,29,30). The number of hydrogen-bond acceptors (Lipinski definition) is 9. The first-order valence-electron chi connectivity index (χ1n) is 12.0. The lowest BCUT2D eigenvalue weighted by atomic mass is 9.94. The Balaban J connectivity index is 1.44. The van der Waals surface area contributed by atoms with E-state index in [2.05, 4.69) is 25.4 Å². The highest BCUT2D eigenvalue weighted by Gasteiger charge is 2.39. The number of pyridine rings is 1. The number of ether oxygens (including phenoxy) is 1. The minimum Gasteiger partial charge on any atom is -0.390 e. The molecule has 2 N–H and O–H groups in total. The highest BCUT2D eigenvalue weighted by Crippen LogP contribution is 2.36. The number of aliphatic hydroxyl groups is 1. The average molecular weight is 507 g/mol. The Morgan fingerprint density at radius 1 is 1.08 bits per heavy atom. The van der Waals surface area contributed by atoms with Crippen LogP contribution in [0.1, 0.15) is 32.7 Å². The molecule has 194 valence electrons. The zero-order chi connectivity index (χ0) is 25.5. The van der Waals surface area contributed by atoms with Crippen molar-refractivity contribution in [2.45, 2.75) is 44.5 Å². The Bertz CT molecular complexity index is 1220. The first-order valence-corrected chi connectivity index (χ1v) is 12.0. The van der Waals surface area contributed by atoms with E-state index in [1.807, 2.05) is 16.7 Å². The lowest BCUT2D eigenvalue weighted by Crippen LogP contribution is -2.43. The number of fused-ring (bicyclic) bond motifs is 1. The zero-order valence-corrected chi connectivity index (χ0v) is 20.2. The third-order valence-electron chi connectivity index (χ3n) is 6.75. The van der Waals surface area contributed by atoms with Crippen LogP contribution in [-0.4, -0.2) is 81.0 Å². The third kappa shape index (κ3) is 5.03. The predicted octanol–water partition coefficient (Wildman–Crippen LogP) is 3.28. The molecular weight excluding hydrogens is 477 g/mol. The summed E-state index contributed by atoms with van der Waals surface area (Å²) in [7, 11) is 0. The molecule has 5 heterocycles. The molecule has 2 aliphatic heterocycles. The van der Waals surface area contributed by atoms with Gasteiger partial charge in [0.15, 0.2) is 5.82 Å². The Hall–Kier alpha value is -3.19. The molecule has 1 atom stereocenters. The number of rotatable bonds is 5. The monoisotopic (exact) mass is 506 g/mol. The summed E-state index contributed by atoms with van der Waals surface area (Å²) in [6, 6.07) is 1.42. The second-order valence-corrected chi connectivity index (χ2v) is 9.52. The van der Waals surface area contributed by atoms with Crippen LogP contribution in [0, 0.1) is 0 Å². The van der Waals surface area contributed by atoms with Gasteiger partial charge in [-0.05, 0) is 32.8 Å². The van der Waals surface area contributed by atoms with Crippen molar-refractivity contribution in [3.8, 4) is 0 Å². The fraction of sp³-hybridized carbons (Fsp3) is 0.565. The van der Waals surface area contributed by atoms with Gasteiger partial charge < -0.3 is 25.0 Å². The van der Waals surface area contributed by atoms with Gasteiger partial charge >= 0.3 is 6.18 Å². The first-order chi connectivity index (χ1) is 17.1. The van der Waals surface area contributed by atoms with Gasteiger partial charge in [0.25, 0.3) is 0 Å². The average Bonchev–Trinajstić information content (AvgIpc) is 3.22. The summed E-state index contributed by atoms with van der Waals surface area (Å²) in [4.78, 5) is 17.3. The van der Waals surface area contributed by atoms with Crippen molar-refractivity contribution < 1.29 is 23.0 Å². The second-order valence-electron chi connectivity index (χ2n) is 9.52. The van der Waals surface area contributed by atoms with E-state index in [4.69, 9.17) is 4.74 Å². The lowest BCUT2D eigenvalue weighted by Gasteiger charge is -2.35. The maximum absolute atomic E-state index is 13.7. The number of halogens is 3. The van der Waals surface area contributed by atoms with E-state index < -0.39 is 17.8 Å². The molecule has 0 bridgehead atoms. The Kier molecular flexibility index (Phi) is 6.37. The number of morpholine rings is 1. The summed E-state index contributed by atoms with van der Waals surface area (Å²) < 4.78 is 47.4. The van der Waals surface area contributed by atoms with Crippen molar-refractivity contribution in [1.82, 2.24) is 24.7 Å². The molecule has 2 fully saturated rings. The summed E-state index contributed by atoms with van der Waals surface area (Å²) in [5, 5.41) is 18.2. The van der Waals surface area contributed by atoms with E-state index in [1.165, 1.54) is 0 Å². The van der Waals surface area contributed by atoms with Gasteiger partial charge in [-0.25, -0.2) is 9.97 Å². The SMILES string of the molecule is CC(n1nc(N2CCOCC2)c2cnc(Nc3ccnc(N4CCC(C)(O)CC4)n3)cc21)C(F)(F)F. The van der Waals surface area contributed by atoms with Gasteiger partial charge in [0, 0.05) is 44.6 Å². The fourth-order valence-corrected chi connectivity index (χ4v) is 4.42. The van der Waals surface area contributed by atoms with Gasteiger partial charge in [0.1, 0.15) is 17.7 Å². The number of nitrogens with one attached hydrogen (secondary N) is 1. The number of alkyl halides is 3. The molecule has 3 aromatic rings. The highest BCUT2D eigenvalue weighted by molar-refractivity contribution is 5.92. The minimum absolute atomic E-state index is 0.325. The first kappa shape index (κ1) is 24.5. The van der Waals surface area contributed by atoms with Crippen molar-refractivity contribution in [3.05, 3.63) is 24.5 Å².